The molecule has 0 aliphatic heterocycles. The average Bonchev–Trinajstić information content (AvgIpc) is 3.18. The van der Waals surface area contributed by atoms with Crippen LogP contribution in [0.25, 0.3) is 0 Å². The summed E-state index contributed by atoms with van der Waals surface area (Å²) in [6.07, 6.45) is 2.66. The summed E-state index contributed by atoms with van der Waals surface area (Å²) in [5, 5.41) is 14.6. The first-order valence-electron chi connectivity index (χ1n) is 10.2. The number of rotatable bonds is 8. The molecule has 166 valence electrons. The molecule has 1 aliphatic carbocycles. The monoisotopic (exact) mass is 464 g/mol. The number of thiophene rings is 1. The molecule has 1 saturated carbocycles. The second-order valence-electron chi connectivity index (χ2n) is 7.52. The number of amides is 2. The van der Waals surface area contributed by atoms with Crippen LogP contribution in [-0.2, 0) is 4.79 Å². The van der Waals surface area contributed by atoms with Crippen molar-refractivity contribution in [1.82, 2.24) is 10.6 Å². The van der Waals surface area contributed by atoms with Gasteiger partial charge in [-0.1, -0.05) is 11.6 Å². The lowest BCUT2D eigenvalue weighted by molar-refractivity contribution is -0.143. The quantitative estimate of drug-likeness (QED) is 0.514. The number of ether oxygens (including phenoxy) is 1. The molecule has 2 amide bonds. The van der Waals surface area contributed by atoms with E-state index in [4.69, 9.17) is 21.4 Å². The molecule has 0 spiro atoms. The molecule has 1 heterocycles. The van der Waals surface area contributed by atoms with Gasteiger partial charge in [-0.05, 0) is 68.5 Å². The van der Waals surface area contributed by atoms with E-state index in [1.54, 1.807) is 24.3 Å². The van der Waals surface area contributed by atoms with E-state index in [0.29, 0.717) is 59.3 Å². The Labute approximate surface area is 189 Å². The highest BCUT2D eigenvalue weighted by Gasteiger charge is 2.27. The second kappa shape index (κ2) is 10.6. The third-order valence-corrected chi connectivity index (χ3v) is 6.49. The minimum atomic E-state index is -0.736. The first-order valence-corrected chi connectivity index (χ1v) is 11.3. The maximum atomic E-state index is 12.4. The van der Waals surface area contributed by atoms with Gasteiger partial charge in [-0.2, -0.15) is 0 Å². The van der Waals surface area contributed by atoms with Crippen LogP contribution in [0.15, 0.2) is 30.3 Å². The van der Waals surface area contributed by atoms with Crippen molar-refractivity contribution in [2.75, 3.05) is 13.1 Å². The number of benzene rings is 1. The van der Waals surface area contributed by atoms with E-state index in [-0.39, 0.29) is 23.8 Å². The van der Waals surface area contributed by atoms with E-state index in [1.807, 2.05) is 13.0 Å². The summed E-state index contributed by atoms with van der Waals surface area (Å²) in [6.45, 7) is 2.44. The molecule has 0 atom stereocenters. The largest absolute Gasteiger partial charge is 0.490 e. The van der Waals surface area contributed by atoms with Crippen LogP contribution in [0.1, 0.15) is 51.3 Å². The van der Waals surface area contributed by atoms with Crippen molar-refractivity contribution in [2.24, 2.45) is 5.92 Å². The van der Waals surface area contributed by atoms with Crippen molar-refractivity contribution in [3.8, 4) is 5.75 Å². The lowest BCUT2D eigenvalue weighted by atomic mass is 9.87. The number of carboxylic acids is 1. The number of nitrogens with one attached hydrogen (secondary N) is 2. The van der Waals surface area contributed by atoms with Crippen molar-refractivity contribution >= 4 is 40.7 Å². The summed E-state index contributed by atoms with van der Waals surface area (Å²) in [5.74, 6) is -0.781. The van der Waals surface area contributed by atoms with Crippen molar-refractivity contribution in [3.05, 3.63) is 50.7 Å². The number of hydrogen-bond donors (Lipinski definition) is 3. The lowest BCUT2D eigenvalue weighted by Gasteiger charge is -2.27. The van der Waals surface area contributed by atoms with Gasteiger partial charge in [-0.3, -0.25) is 14.4 Å². The number of aryl methyl sites for hydroxylation is 1. The van der Waals surface area contributed by atoms with Gasteiger partial charge in [-0.15, -0.1) is 11.3 Å². The summed E-state index contributed by atoms with van der Waals surface area (Å²) in [4.78, 5) is 36.0. The zero-order valence-corrected chi connectivity index (χ0v) is 18.7. The van der Waals surface area contributed by atoms with Crippen LogP contribution in [0, 0.1) is 12.8 Å². The molecule has 0 radical (unpaired) electrons. The highest BCUT2D eigenvalue weighted by Crippen LogP contribution is 2.28. The van der Waals surface area contributed by atoms with Crippen molar-refractivity contribution < 1.29 is 24.2 Å². The lowest BCUT2D eigenvalue weighted by Crippen LogP contribution is -2.34. The summed E-state index contributed by atoms with van der Waals surface area (Å²) < 4.78 is 6.54. The molecule has 0 saturated heterocycles. The molecule has 31 heavy (non-hydrogen) atoms. The van der Waals surface area contributed by atoms with Gasteiger partial charge in [0, 0.05) is 18.7 Å². The van der Waals surface area contributed by atoms with Crippen molar-refractivity contribution in [2.45, 2.75) is 38.7 Å². The number of carbonyl (C=O) groups is 3. The molecule has 2 aromatic rings. The molecule has 9 heteroatoms. The number of carboxylic acid groups (broad SMARTS) is 1. The predicted octanol–water partition coefficient (Wildman–Crippen LogP) is 3.89. The Morgan fingerprint density at radius 3 is 2.32 bits per heavy atom. The SMILES string of the molecule is Cc1cc(O[C@H]2CC[C@@H](C(=O)O)CC2)ccc1C(=O)NCCNC(=O)c1ccc(Cl)s1. The van der Waals surface area contributed by atoms with E-state index in [9.17, 15) is 14.4 Å². The fourth-order valence-corrected chi connectivity index (χ4v) is 4.51. The minimum absolute atomic E-state index is 0.00323. The number of halogens is 1. The summed E-state index contributed by atoms with van der Waals surface area (Å²) in [7, 11) is 0. The number of aliphatic carboxylic acids is 1. The van der Waals surface area contributed by atoms with Gasteiger partial charge >= 0.3 is 5.97 Å². The van der Waals surface area contributed by atoms with E-state index >= 15 is 0 Å². The van der Waals surface area contributed by atoms with Crippen LogP contribution >= 0.6 is 22.9 Å². The van der Waals surface area contributed by atoms with Crippen LogP contribution in [-0.4, -0.2) is 42.1 Å². The first kappa shape index (κ1) is 23.1. The van der Waals surface area contributed by atoms with Gasteiger partial charge in [0.15, 0.2) is 0 Å². The van der Waals surface area contributed by atoms with Crippen molar-refractivity contribution in [1.29, 1.82) is 0 Å². The van der Waals surface area contributed by atoms with Gasteiger partial charge in [0.1, 0.15) is 5.75 Å². The molecule has 0 unspecified atom stereocenters. The van der Waals surface area contributed by atoms with Gasteiger partial charge in [0.2, 0.25) is 0 Å². The topological polar surface area (TPSA) is 105 Å². The smallest absolute Gasteiger partial charge is 0.306 e. The van der Waals surface area contributed by atoms with Crippen LogP contribution in [0.4, 0.5) is 0 Å². The normalized spacial score (nSPS) is 18.3. The molecule has 0 bridgehead atoms. The Kier molecular flexibility index (Phi) is 7.92. The third kappa shape index (κ3) is 6.45. The average molecular weight is 465 g/mol. The van der Waals surface area contributed by atoms with E-state index < -0.39 is 5.97 Å². The zero-order valence-electron chi connectivity index (χ0n) is 17.2. The van der Waals surface area contributed by atoms with Gasteiger partial charge in [0.05, 0.1) is 21.2 Å². The molecule has 1 aromatic heterocycles. The Morgan fingerprint density at radius 1 is 1.06 bits per heavy atom. The Morgan fingerprint density at radius 2 is 1.74 bits per heavy atom. The first-order chi connectivity index (χ1) is 14.8. The molecular formula is C22H25ClN2O5S. The predicted molar refractivity (Wildman–Crippen MR) is 119 cm³/mol. The Hall–Kier alpha value is -2.58. The maximum absolute atomic E-state index is 12.4. The molecule has 1 aliphatic rings. The standard InChI is InChI=1S/C22H25ClN2O5S/c1-13-12-16(30-15-4-2-14(3-5-15)22(28)29)6-7-17(13)20(26)24-10-11-25-21(27)18-8-9-19(23)31-18/h6-9,12,14-15H,2-5,10-11H2,1H3,(H,24,26)(H,25,27)(H,28,29)/t14-,15+. The Bertz CT molecular complexity index is 953. The van der Waals surface area contributed by atoms with Crippen LogP contribution in [0.5, 0.6) is 5.75 Å². The van der Waals surface area contributed by atoms with E-state index in [2.05, 4.69) is 10.6 Å². The van der Waals surface area contributed by atoms with Crippen molar-refractivity contribution in [3.63, 3.8) is 0 Å². The van der Waals surface area contributed by atoms with Gasteiger partial charge in [-0.25, -0.2) is 0 Å². The molecular weight excluding hydrogens is 440 g/mol. The van der Waals surface area contributed by atoms with Gasteiger partial charge in [0.25, 0.3) is 11.8 Å². The maximum Gasteiger partial charge on any atom is 0.306 e. The number of carbonyl (C=O) groups excluding carboxylic acids is 2. The molecule has 1 aromatic carbocycles. The summed E-state index contributed by atoms with van der Waals surface area (Å²) >= 11 is 7.03. The summed E-state index contributed by atoms with van der Waals surface area (Å²) in [6, 6.07) is 8.62. The summed E-state index contributed by atoms with van der Waals surface area (Å²) in [5.41, 5.74) is 1.32. The molecule has 1 fully saturated rings. The third-order valence-electron chi connectivity index (χ3n) is 5.26. The number of hydrogen-bond acceptors (Lipinski definition) is 5. The minimum Gasteiger partial charge on any atom is -0.490 e. The van der Waals surface area contributed by atoms with E-state index in [1.165, 1.54) is 11.3 Å². The highest BCUT2D eigenvalue weighted by atomic mass is 35.5. The highest BCUT2D eigenvalue weighted by molar-refractivity contribution is 7.17. The van der Waals surface area contributed by atoms with Crippen LogP contribution in [0.3, 0.4) is 0 Å². The zero-order chi connectivity index (χ0) is 22.4. The van der Waals surface area contributed by atoms with E-state index in [0.717, 1.165) is 5.56 Å². The second-order valence-corrected chi connectivity index (χ2v) is 9.24. The molecule has 7 nitrogen and oxygen atoms in total. The van der Waals surface area contributed by atoms with Crippen LogP contribution < -0.4 is 15.4 Å². The molecule has 3 N–H and O–H groups in total. The fraction of sp³-hybridized carbons (Fsp3) is 0.409. The van der Waals surface area contributed by atoms with Crippen LogP contribution in [0.2, 0.25) is 4.34 Å². The van der Waals surface area contributed by atoms with Gasteiger partial charge < -0.3 is 20.5 Å². The molecule has 3 rings (SSSR count). The fourth-order valence-electron chi connectivity index (χ4n) is 3.56. The Balaban J connectivity index is 1.44.